The fourth-order valence-corrected chi connectivity index (χ4v) is 1.60. The normalized spacial score (nSPS) is 10.8. The first-order valence-electron chi connectivity index (χ1n) is 4.70. The number of hydrogen-bond donors (Lipinski definition) is 0. The molecule has 0 fully saturated rings. The Morgan fingerprint density at radius 3 is 1.45 bits per heavy atom. The summed E-state index contributed by atoms with van der Waals surface area (Å²) in [7, 11) is 0. The highest BCUT2D eigenvalue weighted by Crippen LogP contribution is 2.37. The van der Waals surface area contributed by atoms with Gasteiger partial charge in [-0.25, -0.2) is 30.7 Å². The lowest BCUT2D eigenvalue weighted by Gasteiger charge is -2.09. The Morgan fingerprint density at radius 1 is 0.600 bits per heavy atom. The van der Waals surface area contributed by atoms with E-state index in [-0.39, 0.29) is 0 Å². The summed E-state index contributed by atoms with van der Waals surface area (Å²) in [6.07, 6.45) is 0. The lowest BCUT2D eigenvalue weighted by Crippen LogP contribution is -2.04. The molecule has 0 aliphatic heterocycles. The van der Waals surface area contributed by atoms with Gasteiger partial charge < -0.3 is 0 Å². The van der Waals surface area contributed by atoms with Crippen LogP contribution in [0.3, 0.4) is 0 Å². The molecule has 0 aliphatic rings. The van der Waals surface area contributed by atoms with Crippen molar-refractivity contribution in [1.29, 1.82) is 0 Å². The first-order valence-corrected chi connectivity index (χ1v) is 4.70. The van der Waals surface area contributed by atoms with Crippen molar-refractivity contribution < 1.29 is 30.7 Å². The summed E-state index contributed by atoms with van der Waals surface area (Å²) in [5.74, 6) is -15.8. The maximum absolute atomic E-state index is 13.7. The molecule has 0 saturated heterocycles. The summed E-state index contributed by atoms with van der Waals surface area (Å²) in [6, 6.07) is 0. The third-order valence-corrected chi connectivity index (χ3v) is 2.46. The molecule has 0 spiro atoms. The summed E-state index contributed by atoms with van der Waals surface area (Å²) in [5, 5.41) is -1.02. The Balaban J connectivity index is 3.21. The number of halogens is 7. The van der Waals surface area contributed by atoms with E-state index < -0.39 is 57.2 Å². The average Bonchev–Trinajstić information content (AvgIpc) is 2.42. The lowest BCUT2D eigenvalue weighted by atomic mass is 10.1. The van der Waals surface area contributed by atoms with Crippen LogP contribution in [-0.4, -0.2) is 0 Å². The fraction of sp³-hybridized carbons (Fsp3) is 0. The fourth-order valence-electron chi connectivity index (χ4n) is 1.60. The molecule has 0 heterocycles. The van der Waals surface area contributed by atoms with Crippen LogP contribution < -0.4 is 0 Å². The smallest absolute Gasteiger partial charge is 0.198 e. The molecule has 0 atom stereocenters. The predicted octanol–water partition coefficient (Wildman–Crippen LogP) is 4.76. The maximum atomic E-state index is 13.7. The van der Waals surface area contributed by atoms with Crippen LogP contribution in [0.5, 0.6) is 0 Å². The van der Waals surface area contributed by atoms with E-state index in [4.69, 9.17) is 5.53 Å². The molecular formula is C10F7N3. The van der Waals surface area contributed by atoms with E-state index >= 15 is 0 Å². The van der Waals surface area contributed by atoms with Crippen LogP contribution in [-0.2, 0) is 0 Å². The molecule has 104 valence electrons. The second kappa shape index (κ2) is 4.57. The second-order valence-corrected chi connectivity index (χ2v) is 3.49. The number of rotatable bonds is 1. The molecule has 0 aromatic heterocycles. The molecular weight excluding hydrogens is 295 g/mol. The average molecular weight is 295 g/mol. The minimum atomic E-state index is -2.43. The Bertz CT molecular complexity index is 796. The van der Waals surface area contributed by atoms with Gasteiger partial charge >= 0.3 is 0 Å². The van der Waals surface area contributed by atoms with Crippen molar-refractivity contribution in [3.05, 3.63) is 51.2 Å². The Kier molecular flexibility index (Phi) is 3.18. The van der Waals surface area contributed by atoms with Gasteiger partial charge in [0.1, 0.15) is 11.5 Å². The van der Waals surface area contributed by atoms with Crippen LogP contribution in [0.15, 0.2) is 5.11 Å². The zero-order valence-electron chi connectivity index (χ0n) is 8.99. The van der Waals surface area contributed by atoms with E-state index in [2.05, 4.69) is 5.11 Å². The minimum absolute atomic E-state index is 1.62. The number of fused-ring (bicyclic) bond motifs is 1. The quantitative estimate of drug-likeness (QED) is 0.182. The standard InChI is InChI=1S/C10F7N3/c11-3-1-2(4(12)8(16)7(3)15)6(14)10(19-20-18)9(17)5(1)13. The molecule has 0 N–H and O–H groups in total. The monoisotopic (exact) mass is 295 g/mol. The highest BCUT2D eigenvalue weighted by molar-refractivity contribution is 5.88. The van der Waals surface area contributed by atoms with Crippen molar-refractivity contribution in [1.82, 2.24) is 0 Å². The molecule has 2 aromatic carbocycles. The van der Waals surface area contributed by atoms with Crippen molar-refractivity contribution in [3.63, 3.8) is 0 Å². The van der Waals surface area contributed by atoms with Gasteiger partial charge in [-0.05, 0) is 5.53 Å². The highest BCUT2D eigenvalue weighted by atomic mass is 19.2. The molecule has 0 saturated carbocycles. The molecule has 0 bridgehead atoms. The molecule has 10 heteroatoms. The van der Waals surface area contributed by atoms with Gasteiger partial charge in [0.2, 0.25) is 0 Å². The van der Waals surface area contributed by atoms with E-state index in [1.165, 1.54) is 0 Å². The van der Waals surface area contributed by atoms with Crippen LogP contribution in [0.2, 0.25) is 0 Å². The maximum Gasteiger partial charge on any atom is 0.198 e. The van der Waals surface area contributed by atoms with Gasteiger partial charge in [0, 0.05) is 4.91 Å². The van der Waals surface area contributed by atoms with Gasteiger partial charge in [-0.15, -0.1) is 0 Å². The second-order valence-electron chi connectivity index (χ2n) is 3.49. The van der Waals surface area contributed by atoms with E-state index in [0.717, 1.165) is 0 Å². The summed E-state index contributed by atoms with van der Waals surface area (Å²) in [6.45, 7) is 0. The van der Waals surface area contributed by atoms with Crippen molar-refractivity contribution in [2.24, 2.45) is 5.11 Å². The van der Waals surface area contributed by atoms with Gasteiger partial charge in [-0.1, -0.05) is 5.11 Å². The molecule has 0 amide bonds. The third-order valence-electron chi connectivity index (χ3n) is 2.46. The molecule has 20 heavy (non-hydrogen) atoms. The van der Waals surface area contributed by atoms with E-state index in [0.29, 0.717) is 0 Å². The summed E-state index contributed by atoms with van der Waals surface area (Å²) >= 11 is 0. The van der Waals surface area contributed by atoms with E-state index in [9.17, 15) is 30.7 Å². The molecule has 2 aromatic rings. The Morgan fingerprint density at radius 2 is 1.00 bits per heavy atom. The van der Waals surface area contributed by atoms with E-state index in [1.54, 1.807) is 0 Å². The zero-order chi connectivity index (χ0) is 15.2. The zero-order valence-corrected chi connectivity index (χ0v) is 8.99. The van der Waals surface area contributed by atoms with Crippen molar-refractivity contribution >= 4 is 16.5 Å². The molecule has 0 aliphatic carbocycles. The third kappa shape index (κ3) is 1.65. The summed E-state index contributed by atoms with van der Waals surface area (Å²) in [5.41, 5.74) is 6.43. The Labute approximate surface area is 104 Å². The summed E-state index contributed by atoms with van der Waals surface area (Å²) < 4.78 is 93.1. The largest absolute Gasteiger partial charge is 0.206 e. The number of azide groups is 1. The van der Waals surface area contributed by atoms with Crippen LogP contribution in [0.1, 0.15) is 0 Å². The number of nitrogens with zero attached hydrogens (tertiary/aromatic N) is 3. The van der Waals surface area contributed by atoms with Crippen molar-refractivity contribution in [2.75, 3.05) is 0 Å². The summed E-state index contributed by atoms with van der Waals surface area (Å²) in [4.78, 5) is 1.96. The van der Waals surface area contributed by atoms with Crippen LogP contribution in [0, 0.1) is 40.7 Å². The molecule has 2 rings (SSSR count). The van der Waals surface area contributed by atoms with Crippen LogP contribution >= 0.6 is 0 Å². The number of hydrogen-bond acceptors (Lipinski definition) is 1. The molecule has 0 unspecified atom stereocenters. The first kappa shape index (κ1) is 13.9. The Hall–Kier alpha value is -2.48. The van der Waals surface area contributed by atoms with Gasteiger partial charge in [-0.3, -0.25) is 0 Å². The lowest BCUT2D eigenvalue weighted by molar-refractivity contribution is 0.412. The van der Waals surface area contributed by atoms with Crippen molar-refractivity contribution in [3.8, 4) is 0 Å². The van der Waals surface area contributed by atoms with Gasteiger partial charge in [0.25, 0.3) is 0 Å². The van der Waals surface area contributed by atoms with Crippen LogP contribution in [0.4, 0.5) is 36.4 Å². The molecule has 3 nitrogen and oxygen atoms in total. The predicted molar refractivity (Wildman–Crippen MR) is 52.5 cm³/mol. The topological polar surface area (TPSA) is 48.8 Å². The van der Waals surface area contributed by atoms with Gasteiger partial charge in [0.15, 0.2) is 34.9 Å². The molecule has 0 radical (unpaired) electrons. The number of benzene rings is 2. The van der Waals surface area contributed by atoms with Crippen LogP contribution in [0.25, 0.3) is 21.2 Å². The van der Waals surface area contributed by atoms with Gasteiger partial charge in [-0.2, -0.15) is 0 Å². The van der Waals surface area contributed by atoms with Crippen molar-refractivity contribution in [2.45, 2.75) is 0 Å². The van der Waals surface area contributed by atoms with E-state index in [1.807, 2.05) is 4.91 Å². The highest BCUT2D eigenvalue weighted by Gasteiger charge is 2.29. The SMILES string of the molecule is [N-]=[N+]=Nc1c(F)c(F)c2c(F)c(F)c(F)c(F)c2c1F. The minimum Gasteiger partial charge on any atom is -0.206 e. The van der Waals surface area contributed by atoms with Gasteiger partial charge in [0.05, 0.1) is 10.8 Å². The first-order chi connectivity index (χ1) is 9.32.